The molecule has 0 radical (unpaired) electrons. The van der Waals surface area contributed by atoms with E-state index in [0.29, 0.717) is 37.5 Å². The molecule has 7 heteroatoms. The van der Waals surface area contributed by atoms with Crippen molar-refractivity contribution in [1.82, 2.24) is 15.1 Å². The molecule has 0 saturated carbocycles. The maximum Gasteiger partial charge on any atom is 0.220 e. The number of carbonyl (C=O) groups excluding carboxylic acids is 1. The number of rotatable bonds is 10. The van der Waals surface area contributed by atoms with Gasteiger partial charge in [-0.2, -0.15) is 5.10 Å². The highest BCUT2D eigenvalue weighted by atomic mass is 16.5. The molecule has 0 spiro atoms. The van der Waals surface area contributed by atoms with E-state index in [1.54, 1.807) is 13.3 Å². The molecular formula is C25H29N3O4. The first-order valence-corrected chi connectivity index (χ1v) is 11.0. The van der Waals surface area contributed by atoms with Gasteiger partial charge in [0.15, 0.2) is 11.5 Å². The van der Waals surface area contributed by atoms with Crippen molar-refractivity contribution in [2.24, 2.45) is 0 Å². The third-order valence-corrected chi connectivity index (χ3v) is 5.46. The van der Waals surface area contributed by atoms with E-state index in [2.05, 4.69) is 10.4 Å². The number of para-hydroxylation sites is 1. The minimum atomic E-state index is -0.00450. The minimum absolute atomic E-state index is 0.00450. The van der Waals surface area contributed by atoms with E-state index < -0.39 is 0 Å². The van der Waals surface area contributed by atoms with Crippen LogP contribution in [0.4, 0.5) is 0 Å². The van der Waals surface area contributed by atoms with E-state index in [0.717, 1.165) is 36.3 Å². The Balaban J connectivity index is 1.24. The van der Waals surface area contributed by atoms with Gasteiger partial charge in [0, 0.05) is 25.8 Å². The van der Waals surface area contributed by atoms with Gasteiger partial charge in [-0.15, -0.1) is 0 Å². The highest BCUT2D eigenvalue weighted by Crippen LogP contribution is 2.29. The number of aromatic nitrogens is 2. The van der Waals surface area contributed by atoms with Crippen molar-refractivity contribution < 1.29 is 19.0 Å². The van der Waals surface area contributed by atoms with E-state index in [1.165, 1.54) is 0 Å². The highest BCUT2D eigenvalue weighted by Gasteiger charge is 2.17. The molecule has 0 bridgehead atoms. The van der Waals surface area contributed by atoms with Crippen LogP contribution in [0.25, 0.3) is 5.69 Å². The molecule has 1 amide bonds. The zero-order valence-corrected chi connectivity index (χ0v) is 18.3. The Morgan fingerprint density at radius 3 is 2.84 bits per heavy atom. The number of hydrogen-bond donors (Lipinski definition) is 1. The molecule has 1 fully saturated rings. The molecule has 1 N–H and O–H groups in total. The number of aryl methyl sites for hydroxylation is 1. The first-order valence-electron chi connectivity index (χ1n) is 11.0. The number of nitrogens with one attached hydrogen (secondary N) is 1. The van der Waals surface area contributed by atoms with Crippen molar-refractivity contribution in [3.63, 3.8) is 0 Å². The number of hydrogen-bond acceptors (Lipinski definition) is 5. The van der Waals surface area contributed by atoms with Gasteiger partial charge in [-0.25, -0.2) is 4.68 Å². The second-order valence-corrected chi connectivity index (χ2v) is 7.84. The third-order valence-electron chi connectivity index (χ3n) is 5.46. The lowest BCUT2D eigenvalue weighted by molar-refractivity contribution is -0.121. The topological polar surface area (TPSA) is 74.6 Å². The quantitative estimate of drug-likeness (QED) is 0.526. The Labute approximate surface area is 188 Å². The normalized spacial score (nSPS) is 15.5. The molecule has 0 aliphatic carbocycles. The predicted octanol–water partition coefficient (Wildman–Crippen LogP) is 3.69. The summed E-state index contributed by atoms with van der Waals surface area (Å²) in [5, 5.41) is 7.35. The second kappa shape index (κ2) is 10.8. The van der Waals surface area contributed by atoms with Gasteiger partial charge in [-0.1, -0.05) is 24.3 Å². The van der Waals surface area contributed by atoms with E-state index >= 15 is 0 Å². The Morgan fingerprint density at radius 1 is 1.19 bits per heavy atom. The van der Waals surface area contributed by atoms with E-state index in [9.17, 15) is 4.79 Å². The van der Waals surface area contributed by atoms with Crippen LogP contribution in [0.15, 0.2) is 60.9 Å². The fourth-order valence-corrected chi connectivity index (χ4v) is 3.66. The number of ether oxygens (including phenoxy) is 3. The maximum atomic E-state index is 12.3. The lowest BCUT2D eigenvalue weighted by atomic mass is 10.1. The van der Waals surface area contributed by atoms with Gasteiger partial charge in [-0.05, 0) is 54.7 Å². The van der Waals surface area contributed by atoms with Crippen LogP contribution in [0.2, 0.25) is 0 Å². The third kappa shape index (κ3) is 5.88. The summed E-state index contributed by atoms with van der Waals surface area (Å²) < 4.78 is 18.8. The Morgan fingerprint density at radius 2 is 2.06 bits per heavy atom. The summed E-state index contributed by atoms with van der Waals surface area (Å²) in [6, 6.07) is 15.6. The largest absolute Gasteiger partial charge is 0.493 e. The molecule has 1 aliphatic heterocycles. The molecule has 2 aromatic carbocycles. The fraction of sp³-hybridized carbons (Fsp3) is 0.360. The molecule has 32 heavy (non-hydrogen) atoms. The number of nitrogens with zero attached hydrogens (tertiary/aromatic N) is 2. The SMILES string of the molecule is COc1cc(CNC(=O)CCc2cnn(-c3ccccc3)c2)ccc1OCC1CCCO1. The highest BCUT2D eigenvalue weighted by molar-refractivity contribution is 5.76. The molecule has 3 aromatic rings. The Kier molecular flexibility index (Phi) is 7.40. The van der Waals surface area contributed by atoms with Gasteiger partial charge < -0.3 is 19.5 Å². The fourth-order valence-electron chi connectivity index (χ4n) is 3.66. The van der Waals surface area contributed by atoms with Gasteiger partial charge in [0.25, 0.3) is 0 Å². The molecule has 4 rings (SSSR count). The molecule has 1 aromatic heterocycles. The van der Waals surface area contributed by atoms with Crippen molar-refractivity contribution >= 4 is 5.91 Å². The van der Waals surface area contributed by atoms with Crippen molar-refractivity contribution in [1.29, 1.82) is 0 Å². The molecule has 168 valence electrons. The van der Waals surface area contributed by atoms with Gasteiger partial charge in [0.05, 0.1) is 25.1 Å². The first-order chi connectivity index (χ1) is 15.7. The minimum Gasteiger partial charge on any atom is -0.493 e. The van der Waals surface area contributed by atoms with Crippen LogP contribution in [0.3, 0.4) is 0 Å². The van der Waals surface area contributed by atoms with Crippen molar-refractivity contribution in [2.45, 2.75) is 38.3 Å². The van der Waals surface area contributed by atoms with Gasteiger partial charge >= 0.3 is 0 Å². The number of amides is 1. The molecule has 1 atom stereocenters. The van der Waals surface area contributed by atoms with Crippen LogP contribution >= 0.6 is 0 Å². The van der Waals surface area contributed by atoms with Crippen LogP contribution in [0.5, 0.6) is 11.5 Å². The van der Waals surface area contributed by atoms with Crippen LogP contribution < -0.4 is 14.8 Å². The molecule has 7 nitrogen and oxygen atoms in total. The van der Waals surface area contributed by atoms with Crippen molar-refractivity contribution in [2.75, 3.05) is 20.3 Å². The molecule has 2 heterocycles. The summed E-state index contributed by atoms with van der Waals surface area (Å²) in [4.78, 5) is 12.3. The van der Waals surface area contributed by atoms with Crippen molar-refractivity contribution in [3.8, 4) is 17.2 Å². The first kappa shape index (κ1) is 21.9. The second-order valence-electron chi connectivity index (χ2n) is 7.84. The average molecular weight is 436 g/mol. The summed E-state index contributed by atoms with van der Waals surface area (Å²) in [6.45, 7) is 1.76. The lowest BCUT2D eigenvalue weighted by Gasteiger charge is -2.15. The summed E-state index contributed by atoms with van der Waals surface area (Å²) in [5.41, 5.74) is 2.98. The van der Waals surface area contributed by atoms with Gasteiger partial charge in [-0.3, -0.25) is 4.79 Å². The number of methoxy groups -OCH3 is 1. The predicted molar refractivity (Wildman–Crippen MR) is 121 cm³/mol. The van der Waals surface area contributed by atoms with Crippen molar-refractivity contribution in [3.05, 3.63) is 72.1 Å². The Bertz CT molecular complexity index is 1010. The maximum absolute atomic E-state index is 12.3. The summed E-state index contributed by atoms with van der Waals surface area (Å²) in [5.74, 6) is 1.34. The summed E-state index contributed by atoms with van der Waals surface area (Å²) in [6.07, 6.45) is 7.07. The molecule has 1 unspecified atom stereocenters. The summed E-state index contributed by atoms with van der Waals surface area (Å²) >= 11 is 0. The van der Waals surface area contributed by atoms with Crippen LogP contribution in [0, 0.1) is 0 Å². The molecule has 1 aliphatic rings. The van der Waals surface area contributed by atoms with Crippen LogP contribution in [-0.2, 0) is 22.5 Å². The summed E-state index contributed by atoms with van der Waals surface area (Å²) in [7, 11) is 1.62. The average Bonchev–Trinajstić information content (AvgIpc) is 3.53. The zero-order chi connectivity index (χ0) is 22.2. The monoisotopic (exact) mass is 435 g/mol. The van der Waals surface area contributed by atoms with E-state index in [-0.39, 0.29) is 12.0 Å². The van der Waals surface area contributed by atoms with E-state index in [1.807, 2.05) is 59.4 Å². The molecule has 1 saturated heterocycles. The lowest BCUT2D eigenvalue weighted by Crippen LogP contribution is -2.23. The molecular weight excluding hydrogens is 406 g/mol. The number of carbonyl (C=O) groups is 1. The van der Waals surface area contributed by atoms with E-state index in [4.69, 9.17) is 14.2 Å². The Hall–Kier alpha value is -3.32. The van der Waals surface area contributed by atoms with Crippen LogP contribution in [-0.4, -0.2) is 42.1 Å². The zero-order valence-electron chi connectivity index (χ0n) is 18.3. The number of benzene rings is 2. The standard InChI is InChI=1S/C25H29N3O4/c1-30-24-14-19(9-11-23(24)32-18-22-8-5-13-31-22)15-26-25(29)12-10-20-16-27-28(17-20)21-6-3-2-4-7-21/h2-4,6-7,9,11,14,16-17,22H,5,8,10,12-13,15,18H2,1H3,(H,26,29). The van der Waals surface area contributed by atoms with Gasteiger partial charge in [0.1, 0.15) is 6.61 Å². The van der Waals surface area contributed by atoms with Crippen LogP contribution in [0.1, 0.15) is 30.4 Å². The smallest absolute Gasteiger partial charge is 0.220 e. The van der Waals surface area contributed by atoms with Gasteiger partial charge in [0.2, 0.25) is 5.91 Å².